The first-order valence-electron chi connectivity index (χ1n) is 4.34. The molecule has 0 fully saturated rings. The number of methoxy groups -OCH3 is 1. The lowest BCUT2D eigenvalue weighted by atomic mass is 10.3. The molecule has 15 heavy (non-hydrogen) atoms. The Balaban J connectivity index is 3.43. The van der Waals surface area contributed by atoms with Crippen LogP contribution in [0, 0.1) is 0 Å². The van der Waals surface area contributed by atoms with Crippen LogP contribution in [0.15, 0.2) is 0 Å². The van der Waals surface area contributed by atoms with Crippen molar-refractivity contribution in [3.05, 3.63) is 0 Å². The van der Waals surface area contributed by atoms with Crippen molar-refractivity contribution in [2.45, 2.75) is 25.1 Å². The van der Waals surface area contributed by atoms with Crippen molar-refractivity contribution < 1.29 is 27.4 Å². The van der Waals surface area contributed by atoms with Gasteiger partial charge in [0, 0.05) is 13.0 Å². The van der Waals surface area contributed by atoms with Gasteiger partial charge in [0.25, 0.3) is 0 Å². The zero-order valence-electron chi connectivity index (χ0n) is 8.34. The highest BCUT2D eigenvalue weighted by Crippen LogP contribution is 2.20. The van der Waals surface area contributed by atoms with Gasteiger partial charge in [0.2, 0.25) is 0 Å². The van der Waals surface area contributed by atoms with Crippen LogP contribution in [0.25, 0.3) is 0 Å². The van der Waals surface area contributed by atoms with Crippen LogP contribution in [-0.2, 0) is 14.3 Å². The molecule has 0 heterocycles. The number of nitrogens with two attached hydrogens (primary N) is 1. The summed E-state index contributed by atoms with van der Waals surface area (Å²) in [7, 11) is 1.17. The lowest BCUT2D eigenvalue weighted by Gasteiger charge is -2.10. The quantitative estimate of drug-likeness (QED) is 0.541. The van der Waals surface area contributed by atoms with Gasteiger partial charge in [0.05, 0.1) is 13.7 Å². The largest absolute Gasteiger partial charge is 0.468 e. The Hall–Kier alpha value is -0.820. The summed E-state index contributed by atoms with van der Waals surface area (Å²) in [6.45, 7) is -0.214. The number of hydrogen-bond acceptors (Lipinski definition) is 4. The van der Waals surface area contributed by atoms with E-state index in [9.17, 15) is 18.0 Å². The molecule has 0 aromatic heterocycles. The highest BCUT2D eigenvalue weighted by atomic mass is 19.4. The summed E-state index contributed by atoms with van der Waals surface area (Å²) in [4.78, 5) is 10.7. The van der Waals surface area contributed by atoms with Crippen molar-refractivity contribution in [2.75, 3.05) is 20.3 Å². The van der Waals surface area contributed by atoms with Gasteiger partial charge in [-0.05, 0) is 6.42 Å². The molecule has 4 nitrogen and oxygen atoms in total. The minimum atomic E-state index is -4.17. The van der Waals surface area contributed by atoms with Crippen LogP contribution in [0.1, 0.15) is 12.8 Å². The molecule has 1 atom stereocenters. The Morgan fingerprint density at radius 1 is 1.47 bits per heavy atom. The normalized spacial score (nSPS) is 13.7. The van der Waals surface area contributed by atoms with Crippen molar-refractivity contribution in [2.24, 2.45) is 5.73 Å². The second-order valence-electron chi connectivity index (χ2n) is 2.92. The smallest absolute Gasteiger partial charge is 0.389 e. The monoisotopic (exact) mass is 229 g/mol. The maximum absolute atomic E-state index is 11.7. The van der Waals surface area contributed by atoms with Gasteiger partial charge < -0.3 is 15.2 Å². The van der Waals surface area contributed by atoms with E-state index in [0.717, 1.165) is 0 Å². The van der Waals surface area contributed by atoms with E-state index in [0.29, 0.717) is 0 Å². The molecule has 0 spiro atoms. The minimum absolute atomic E-state index is 0.0792. The molecule has 1 unspecified atom stereocenters. The fourth-order valence-electron chi connectivity index (χ4n) is 0.804. The molecular weight excluding hydrogens is 215 g/mol. The van der Waals surface area contributed by atoms with E-state index >= 15 is 0 Å². The molecular formula is C8H14F3NO3. The molecule has 0 saturated heterocycles. The summed E-state index contributed by atoms with van der Waals surface area (Å²) in [6, 6.07) is -0.944. The van der Waals surface area contributed by atoms with E-state index in [1.807, 2.05) is 0 Å². The molecule has 0 radical (unpaired) electrons. The minimum Gasteiger partial charge on any atom is -0.468 e. The van der Waals surface area contributed by atoms with E-state index in [1.165, 1.54) is 7.11 Å². The van der Waals surface area contributed by atoms with E-state index < -0.39 is 24.6 Å². The van der Waals surface area contributed by atoms with Gasteiger partial charge >= 0.3 is 12.1 Å². The molecule has 0 saturated carbocycles. The van der Waals surface area contributed by atoms with Crippen LogP contribution in [0.2, 0.25) is 0 Å². The summed E-state index contributed by atoms with van der Waals surface area (Å²) >= 11 is 0. The third-order valence-electron chi connectivity index (χ3n) is 1.55. The van der Waals surface area contributed by atoms with Gasteiger partial charge in [0.15, 0.2) is 0 Å². The average molecular weight is 229 g/mol. The molecule has 2 N–H and O–H groups in total. The van der Waals surface area contributed by atoms with Crippen molar-refractivity contribution in [3.63, 3.8) is 0 Å². The van der Waals surface area contributed by atoms with Crippen LogP contribution in [-0.4, -0.2) is 38.5 Å². The third kappa shape index (κ3) is 8.19. The zero-order chi connectivity index (χ0) is 11.9. The van der Waals surface area contributed by atoms with Gasteiger partial charge in [-0.15, -0.1) is 0 Å². The molecule has 0 aromatic carbocycles. The van der Waals surface area contributed by atoms with Gasteiger partial charge in [-0.1, -0.05) is 0 Å². The molecule has 7 heteroatoms. The maximum Gasteiger partial charge on any atom is 0.389 e. The first kappa shape index (κ1) is 14.2. The fraction of sp³-hybridized carbons (Fsp3) is 0.875. The van der Waals surface area contributed by atoms with Crippen LogP contribution in [0.4, 0.5) is 13.2 Å². The van der Waals surface area contributed by atoms with Gasteiger partial charge in [-0.3, -0.25) is 4.79 Å². The lowest BCUT2D eigenvalue weighted by Crippen LogP contribution is -2.36. The molecule has 0 aliphatic rings. The summed E-state index contributed by atoms with van der Waals surface area (Å²) in [6.07, 6.45) is -5.22. The Morgan fingerprint density at radius 3 is 2.53 bits per heavy atom. The Kier molecular flexibility index (Phi) is 6.26. The highest BCUT2D eigenvalue weighted by molar-refractivity contribution is 5.75. The number of ether oxygens (including phenoxy) is 2. The molecule has 0 aliphatic carbocycles. The van der Waals surface area contributed by atoms with E-state index in [2.05, 4.69) is 4.74 Å². The summed E-state index contributed by atoms with van der Waals surface area (Å²) in [5, 5.41) is 0. The highest BCUT2D eigenvalue weighted by Gasteiger charge is 2.26. The van der Waals surface area contributed by atoms with Crippen molar-refractivity contribution in [1.82, 2.24) is 0 Å². The molecule has 0 amide bonds. The first-order chi connectivity index (χ1) is 6.87. The van der Waals surface area contributed by atoms with E-state index in [4.69, 9.17) is 10.5 Å². The number of esters is 1. The molecule has 0 aliphatic heterocycles. The van der Waals surface area contributed by atoms with Gasteiger partial charge in [-0.25, -0.2) is 0 Å². The number of hydrogen-bond donors (Lipinski definition) is 1. The molecule has 0 aromatic rings. The number of rotatable bonds is 6. The number of alkyl halides is 3. The Bertz CT molecular complexity index is 196. The predicted molar refractivity (Wildman–Crippen MR) is 46.1 cm³/mol. The SMILES string of the molecule is COC(=O)C(N)COCCCC(F)(F)F. The molecule has 90 valence electrons. The third-order valence-corrected chi connectivity index (χ3v) is 1.55. The summed E-state index contributed by atoms with van der Waals surface area (Å²) in [5.41, 5.74) is 5.27. The van der Waals surface area contributed by atoms with Crippen LogP contribution in [0.5, 0.6) is 0 Å². The van der Waals surface area contributed by atoms with E-state index in [1.54, 1.807) is 0 Å². The number of carbonyl (C=O) groups excluding carboxylic acids is 1. The van der Waals surface area contributed by atoms with Crippen molar-refractivity contribution in [1.29, 1.82) is 0 Å². The number of halogens is 3. The number of carbonyl (C=O) groups is 1. The van der Waals surface area contributed by atoms with Crippen LogP contribution in [0.3, 0.4) is 0 Å². The van der Waals surface area contributed by atoms with Gasteiger partial charge in [0.1, 0.15) is 6.04 Å². The zero-order valence-corrected chi connectivity index (χ0v) is 8.34. The molecule has 0 rings (SSSR count). The second kappa shape index (κ2) is 6.62. The fourth-order valence-corrected chi connectivity index (χ4v) is 0.804. The predicted octanol–water partition coefficient (Wildman–Crippen LogP) is 0.846. The average Bonchev–Trinajstić information content (AvgIpc) is 2.14. The van der Waals surface area contributed by atoms with Crippen LogP contribution < -0.4 is 5.73 Å². The first-order valence-corrected chi connectivity index (χ1v) is 4.34. The van der Waals surface area contributed by atoms with Crippen molar-refractivity contribution >= 4 is 5.97 Å². The van der Waals surface area contributed by atoms with Crippen LogP contribution >= 0.6 is 0 Å². The summed E-state index contributed by atoms with van der Waals surface area (Å²) in [5.74, 6) is -0.647. The Labute approximate surface area is 85.5 Å². The van der Waals surface area contributed by atoms with Crippen molar-refractivity contribution in [3.8, 4) is 0 Å². The Morgan fingerprint density at radius 2 is 2.07 bits per heavy atom. The van der Waals surface area contributed by atoms with E-state index in [-0.39, 0.29) is 19.6 Å². The maximum atomic E-state index is 11.7. The summed E-state index contributed by atoms with van der Waals surface area (Å²) < 4.78 is 44.1. The van der Waals surface area contributed by atoms with Gasteiger partial charge in [-0.2, -0.15) is 13.2 Å². The molecule has 0 bridgehead atoms. The standard InChI is InChI=1S/C8H14F3NO3/c1-14-7(13)6(12)5-15-4-2-3-8(9,10)11/h6H,2-5,12H2,1H3. The lowest BCUT2D eigenvalue weighted by molar-refractivity contribution is -0.145. The second-order valence-corrected chi connectivity index (χ2v) is 2.92. The topological polar surface area (TPSA) is 61.5 Å².